The second-order valence-corrected chi connectivity index (χ2v) is 7.95. The summed E-state index contributed by atoms with van der Waals surface area (Å²) in [6, 6.07) is 15.5. The van der Waals surface area contributed by atoms with Crippen LogP contribution in [-0.2, 0) is 0 Å². The molecule has 1 unspecified atom stereocenters. The summed E-state index contributed by atoms with van der Waals surface area (Å²) < 4.78 is 24.9. The van der Waals surface area contributed by atoms with E-state index in [9.17, 15) is 4.39 Å². The van der Waals surface area contributed by atoms with Crippen LogP contribution in [0.25, 0.3) is 22.5 Å². The number of ether oxygens (including phenoxy) is 2. The van der Waals surface area contributed by atoms with Gasteiger partial charge in [0.15, 0.2) is 5.82 Å². The van der Waals surface area contributed by atoms with Crippen molar-refractivity contribution >= 4 is 0 Å². The highest BCUT2D eigenvalue weighted by molar-refractivity contribution is 5.64. The SMILES string of the molecule is CCCCCCOc1ccc(-c2cnc(-c3ccc(OCC(F)CCC)cc3)nc2)cc1. The lowest BCUT2D eigenvalue weighted by Gasteiger charge is -2.10. The number of alkyl halides is 1. The van der Waals surface area contributed by atoms with Crippen molar-refractivity contribution in [2.75, 3.05) is 13.2 Å². The van der Waals surface area contributed by atoms with Crippen LogP contribution in [-0.4, -0.2) is 29.4 Å². The van der Waals surface area contributed by atoms with Gasteiger partial charge in [0, 0.05) is 23.5 Å². The molecule has 0 fully saturated rings. The van der Waals surface area contributed by atoms with Gasteiger partial charge in [-0.3, -0.25) is 0 Å². The van der Waals surface area contributed by atoms with Gasteiger partial charge in [0.1, 0.15) is 24.3 Å². The summed E-state index contributed by atoms with van der Waals surface area (Å²) in [6.07, 6.45) is 8.85. The lowest BCUT2D eigenvalue weighted by molar-refractivity contribution is 0.186. The molecular weight excluding hydrogens is 403 g/mol. The van der Waals surface area contributed by atoms with Crippen molar-refractivity contribution < 1.29 is 13.9 Å². The maximum atomic E-state index is 13.6. The second kappa shape index (κ2) is 12.8. The standard InChI is InChI=1S/C27H33FN2O2/c1-3-5-6-7-17-31-25-13-9-21(10-14-25)23-18-29-27(30-19-23)22-11-15-26(16-12-22)32-20-24(28)8-4-2/h9-16,18-19,24H,3-8,17,20H2,1-2H3. The van der Waals surface area contributed by atoms with E-state index in [0.717, 1.165) is 41.9 Å². The van der Waals surface area contributed by atoms with E-state index in [-0.39, 0.29) is 6.61 Å². The normalized spacial score (nSPS) is 11.8. The molecule has 0 N–H and O–H groups in total. The molecule has 0 radical (unpaired) electrons. The van der Waals surface area contributed by atoms with Gasteiger partial charge in [0.25, 0.3) is 0 Å². The molecule has 0 saturated heterocycles. The molecule has 1 aromatic heterocycles. The highest BCUT2D eigenvalue weighted by Crippen LogP contribution is 2.24. The van der Waals surface area contributed by atoms with Crippen LogP contribution >= 0.6 is 0 Å². The molecule has 0 amide bonds. The molecule has 32 heavy (non-hydrogen) atoms. The minimum absolute atomic E-state index is 0.0844. The van der Waals surface area contributed by atoms with Gasteiger partial charge in [0.2, 0.25) is 0 Å². The van der Waals surface area contributed by atoms with Gasteiger partial charge in [-0.2, -0.15) is 0 Å². The zero-order valence-corrected chi connectivity index (χ0v) is 19.1. The van der Waals surface area contributed by atoms with Gasteiger partial charge < -0.3 is 9.47 Å². The Hall–Kier alpha value is -2.95. The van der Waals surface area contributed by atoms with Crippen LogP contribution in [0.1, 0.15) is 52.4 Å². The monoisotopic (exact) mass is 436 g/mol. The Balaban J connectivity index is 1.54. The molecule has 5 heteroatoms. The molecule has 0 aliphatic rings. The number of nitrogens with zero attached hydrogens (tertiary/aromatic N) is 2. The number of unbranched alkanes of at least 4 members (excludes halogenated alkanes) is 3. The fraction of sp³-hybridized carbons (Fsp3) is 0.407. The van der Waals surface area contributed by atoms with Crippen molar-refractivity contribution in [3.8, 4) is 34.0 Å². The maximum Gasteiger partial charge on any atom is 0.159 e. The van der Waals surface area contributed by atoms with Gasteiger partial charge in [-0.25, -0.2) is 14.4 Å². The summed E-state index contributed by atoms with van der Waals surface area (Å²) in [5.41, 5.74) is 2.89. The summed E-state index contributed by atoms with van der Waals surface area (Å²) in [7, 11) is 0. The minimum atomic E-state index is -0.929. The molecule has 0 aliphatic heterocycles. The molecule has 0 spiro atoms. The molecule has 2 aromatic carbocycles. The number of halogens is 1. The van der Waals surface area contributed by atoms with E-state index in [0.29, 0.717) is 18.0 Å². The Morgan fingerprint density at radius 1 is 0.719 bits per heavy atom. The summed E-state index contributed by atoms with van der Waals surface area (Å²) in [5.74, 6) is 2.18. The first kappa shape index (κ1) is 23.7. The molecule has 3 rings (SSSR count). The van der Waals surface area contributed by atoms with Gasteiger partial charge in [-0.05, 0) is 54.8 Å². The summed E-state index contributed by atoms with van der Waals surface area (Å²) in [5, 5.41) is 0. The fourth-order valence-electron chi connectivity index (χ4n) is 3.37. The van der Waals surface area contributed by atoms with Crippen molar-refractivity contribution in [3.05, 3.63) is 60.9 Å². The van der Waals surface area contributed by atoms with Crippen molar-refractivity contribution in [1.82, 2.24) is 9.97 Å². The van der Waals surface area contributed by atoms with E-state index in [1.807, 2.05) is 67.8 Å². The Bertz CT molecular complexity index is 912. The number of aromatic nitrogens is 2. The zero-order chi connectivity index (χ0) is 22.6. The number of hydrogen-bond donors (Lipinski definition) is 0. The van der Waals surface area contributed by atoms with Crippen LogP contribution in [0.15, 0.2) is 60.9 Å². The van der Waals surface area contributed by atoms with Crippen LogP contribution in [0.2, 0.25) is 0 Å². The Morgan fingerprint density at radius 3 is 1.97 bits per heavy atom. The highest BCUT2D eigenvalue weighted by atomic mass is 19.1. The smallest absolute Gasteiger partial charge is 0.159 e. The van der Waals surface area contributed by atoms with Gasteiger partial charge in [-0.1, -0.05) is 51.7 Å². The van der Waals surface area contributed by atoms with E-state index in [1.54, 1.807) is 0 Å². The highest BCUT2D eigenvalue weighted by Gasteiger charge is 2.07. The largest absolute Gasteiger partial charge is 0.494 e. The van der Waals surface area contributed by atoms with E-state index in [4.69, 9.17) is 9.47 Å². The van der Waals surface area contributed by atoms with Crippen LogP contribution in [0.3, 0.4) is 0 Å². The average Bonchev–Trinajstić information content (AvgIpc) is 2.84. The van der Waals surface area contributed by atoms with Crippen LogP contribution in [0.5, 0.6) is 11.5 Å². The van der Waals surface area contributed by atoms with Crippen LogP contribution < -0.4 is 9.47 Å². The van der Waals surface area contributed by atoms with E-state index < -0.39 is 6.17 Å². The minimum Gasteiger partial charge on any atom is -0.494 e. The van der Waals surface area contributed by atoms with Crippen molar-refractivity contribution in [2.45, 2.75) is 58.5 Å². The molecule has 170 valence electrons. The molecule has 0 bridgehead atoms. The maximum absolute atomic E-state index is 13.6. The molecule has 1 atom stereocenters. The molecule has 0 aliphatic carbocycles. The van der Waals surface area contributed by atoms with E-state index in [1.165, 1.54) is 19.3 Å². The van der Waals surface area contributed by atoms with Crippen molar-refractivity contribution in [2.24, 2.45) is 0 Å². The quantitative estimate of drug-likeness (QED) is 0.264. The third-order valence-corrected chi connectivity index (χ3v) is 5.25. The number of rotatable bonds is 13. The van der Waals surface area contributed by atoms with E-state index >= 15 is 0 Å². The summed E-state index contributed by atoms with van der Waals surface area (Å²) >= 11 is 0. The molecular formula is C27H33FN2O2. The Labute approximate surface area is 190 Å². The first-order valence-electron chi connectivity index (χ1n) is 11.6. The topological polar surface area (TPSA) is 44.2 Å². The molecule has 1 heterocycles. The summed E-state index contributed by atoms with van der Waals surface area (Å²) in [4.78, 5) is 9.02. The first-order chi connectivity index (χ1) is 15.7. The van der Waals surface area contributed by atoms with Crippen LogP contribution in [0.4, 0.5) is 4.39 Å². The number of benzene rings is 2. The third kappa shape index (κ3) is 7.33. The molecule has 0 saturated carbocycles. The van der Waals surface area contributed by atoms with Crippen LogP contribution in [0, 0.1) is 0 Å². The second-order valence-electron chi connectivity index (χ2n) is 7.95. The molecule has 4 nitrogen and oxygen atoms in total. The molecule has 3 aromatic rings. The van der Waals surface area contributed by atoms with Gasteiger partial charge in [-0.15, -0.1) is 0 Å². The predicted molar refractivity (Wildman–Crippen MR) is 128 cm³/mol. The van der Waals surface area contributed by atoms with Crippen molar-refractivity contribution in [3.63, 3.8) is 0 Å². The lowest BCUT2D eigenvalue weighted by Crippen LogP contribution is -2.12. The summed E-state index contributed by atoms with van der Waals surface area (Å²) in [6.45, 7) is 5.02. The Morgan fingerprint density at radius 2 is 1.34 bits per heavy atom. The third-order valence-electron chi connectivity index (χ3n) is 5.25. The zero-order valence-electron chi connectivity index (χ0n) is 19.1. The van der Waals surface area contributed by atoms with E-state index in [2.05, 4.69) is 16.9 Å². The first-order valence-corrected chi connectivity index (χ1v) is 11.6. The Kier molecular flexibility index (Phi) is 9.48. The van der Waals surface area contributed by atoms with Gasteiger partial charge in [0.05, 0.1) is 6.61 Å². The number of hydrogen-bond acceptors (Lipinski definition) is 4. The average molecular weight is 437 g/mol. The van der Waals surface area contributed by atoms with Gasteiger partial charge >= 0.3 is 0 Å². The fourth-order valence-corrected chi connectivity index (χ4v) is 3.37. The predicted octanol–water partition coefficient (Wildman–Crippen LogP) is 7.29. The lowest BCUT2D eigenvalue weighted by atomic mass is 10.1. The van der Waals surface area contributed by atoms with Crippen molar-refractivity contribution in [1.29, 1.82) is 0 Å².